The van der Waals surface area contributed by atoms with Gasteiger partial charge in [0.25, 0.3) is 11.7 Å². The summed E-state index contributed by atoms with van der Waals surface area (Å²) >= 11 is 0. The zero-order valence-corrected chi connectivity index (χ0v) is 17.4. The van der Waals surface area contributed by atoms with Crippen LogP contribution in [0.1, 0.15) is 29.7 Å². The molecule has 1 aliphatic rings. The standard InChI is InChI=1S/C25H22N2O5/c1-2-32-20-5-3-4-18(14-20)23(29)21-22(17-6-8-19(28)9-7-17)27(25(31)24(21)30)15-16-10-12-26-13-11-16/h3-14,22,28-29H,2,15H2,1H3/b23-21-. The lowest BCUT2D eigenvalue weighted by Gasteiger charge is -2.25. The molecule has 2 N–H and O–H groups in total. The van der Waals surface area contributed by atoms with Crippen LogP contribution in [0.15, 0.2) is 78.6 Å². The summed E-state index contributed by atoms with van der Waals surface area (Å²) in [4.78, 5) is 31.5. The number of aliphatic hydroxyl groups is 1. The predicted octanol–water partition coefficient (Wildman–Crippen LogP) is 3.81. The molecule has 162 valence electrons. The van der Waals surface area contributed by atoms with E-state index in [1.807, 2.05) is 6.92 Å². The molecule has 7 nitrogen and oxygen atoms in total. The van der Waals surface area contributed by atoms with E-state index in [4.69, 9.17) is 4.74 Å². The number of nitrogens with zero attached hydrogens (tertiary/aromatic N) is 2. The first kappa shape index (κ1) is 21.1. The molecule has 1 aromatic heterocycles. The van der Waals surface area contributed by atoms with E-state index in [0.29, 0.717) is 23.5 Å². The number of likely N-dealkylation sites (tertiary alicyclic amines) is 1. The van der Waals surface area contributed by atoms with Gasteiger partial charge < -0.3 is 19.8 Å². The third-order valence-electron chi connectivity index (χ3n) is 5.27. The van der Waals surface area contributed by atoms with Gasteiger partial charge in [0.15, 0.2) is 0 Å². The van der Waals surface area contributed by atoms with Crippen molar-refractivity contribution in [3.05, 3.63) is 95.3 Å². The van der Waals surface area contributed by atoms with Crippen LogP contribution in [0.5, 0.6) is 11.5 Å². The zero-order valence-electron chi connectivity index (χ0n) is 17.4. The van der Waals surface area contributed by atoms with Crippen LogP contribution in [0.4, 0.5) is 0 Å². The van der Waals surface area contributed by atoms with Gasteiger partial charge in [-0.2, -0.15) is 0 Å². The van der Waals surface area contributed by atoms with Gasteiger partial charge in [0, 0.05) is 24.5 Å². The molecule has 2 heterocycles. The SMILES string of the molecule is CCOc1cccc(/C(O)=C2/C(=O)C(=O)N(Cc3ccncc3)C2c2ccc(O)cc2)c1. The molecular formula is C25H22N2O5. The summed E-state index contributed by atoms with van der Waals surface area (Å²) in [5.74, 6) is -1.15. The van der Waals surface area contributed by atoms with Crippen molar-refractivity contribution in [2.75, 3.05) is 6.61 Å². The van der Waals surface area contributed by atoms with Crippen molar-refractivity contribution in [3.8, 4) is 11.5 Å². The average molecular weight is 430 g/mol. The summed E-state index contributed by atoms with van der Waals surface area (Å²) in [6, 6.07) is 15.7. The summed E-state index contributed by atoms with van der Waals surface area (Å²) < 4.78 is 5.50. The second-order valence-corrected chi connectivity index (χ2v) is 7.33. The number of aromatic nitrogens is 1. The molecule has 7 heteroatoms. The monoisotopic (exact) mass is 430 g/mol. The van der Waals surface area contributed by atoms with Crippen molar-refractivity contribution in [2.45, 2.75) is 19.5 Å². The van der Waals surface area contributed by atoms with Crippen LogP contribution in [0, 0.1) is 0 Å². The van der Waals surface area contributed by atoms with Gasteiger partial charge in [-0.1, -0.05) is 24.3 Å². The average Bonchev–Trinajstić information content (AvgIpc) is 3.05. The quantitative estimate of drug-likeness (QED) is 0.350. The Morgan fingerprint density at radius 3 is 2.47 bits per heavy atom. The fourth-order valence-corrected chi connectivity index (χ4v) is 3.79. The molecule has 3 aromatic rings. The highest BCUT2D eigenvalue weighted by molar-refractivity contribution is 6.46. The van der Waals surface area contributed by atoms with E-state index in [1.165, 1.54) is 17.0 Å². The maximum atomic E-state index is 13.1. The number of amides is 1. The number of pyridine rings is 1. The zero-order chi connectivity index (χ0) is 22.7. The Hall–Kier alpha value is -4.13. The number of Topliss-reactive ketones (excluding diaryl/α,β-unsaturated/α-hetero) is 1. The first-order chi connectivity index (χ1) is 15.5. The maximum absolute atomic E-state index is 13.1. The normalized spacial score (nSPS) is 17.5. The molecular weight excluding hydrogens is 408 g/mol. The van der Waals surface area contributed by atoms with Gasteiger partial charge in [-0.05, 0) is 54.4 Å². The minimum Gasteiger partial charge on any atom is -0.508 e. The molecule has 0 spiro atoms. The van der Waals surface area contributed by atoms with Crippen molar-refractivity contribution < 1.29 is 24.5 Å². The van der Waals surface area contributed by atoms with Crippen LogP contribution in [0.25, 0.3) is 5.76 Å². The van der Waals surface area contributed by atoms with Crippen LogP contribution in [-0.4, -0.2) is 38.4 Å². The number of ketones is 1. The van der Waals surface area contributed by atoms with E-state index < -0.39 is 17.7 Å². The Labute approximate surface area is 185 Å². The van der Waals surface area contributed by atoms with Crippen LogP contribution in [-0.2, 0) is 16.1 Å². The number of ether oxygens (including phenoxy) is 1. The minimum atomic E-state index is -0.820. The molecule has 1 saturated heterocycles. The number of benzene rings is 2. The maximum Gasteiger partial charge on any atom is 0.295 e. The van der Waals surface area contributed by atoms with Gasteiger partial charge in [-0.3, -0.25) is 14.6 Å². The fraction of sp³-hybridized carbons (Fsp3) is 0.160. The van der Waals surface area contributed by atoms with Crippen molar-refractivity contribution in [2.24, 2.45) is 0 Å². The highest BCUT2D eigenvalue weighted by atomic mass is 16.5. The molecule has 0 saturated carbocycles. The van der Waals surface area contributed by atoms with Crippen LogP contribution < -0.4 is 4.74 Å². The summed E-state index contributed by atoms with van der Waals surface area (Å²) in [5, 5.41) is 20.8. The Morgan fingerprint density at radius 1 is 1.06 bits per heavy atom. The molecule has 2 aromatic carbocycles. The van der Waals surface area contributed by atoms with Crippen LogP contribution in [0.3, 0.4) is 0 Å². The molecule has 1 aliphatic heterocycles. The number of hydrogen-bond acceptors (Lipinski definition) is 6. The molecule has 1 atom stereocenters. The van der Waals surface area contributed by atoms with Crippen molar-refractivity contribution >= 4 is 17.4 Å². The lowest BCUT2D eigenvalue weighted by Crippen LogP contribution is -2.29. The number of rotatable bonds is 6. The highest BCUT2D eigenvalue weighted by Gasteiger charge is 2.46. The number of phenols is 1. The molecule has 1 fully saturated rings. The molecule has 32 heavy (non-hydrogen) atoms. The predicted molar refractivity (Wildman–Crippen MR) is 118 cm³/mol. The lowest BCUT2D eigenvalue weighted by atomic mass is 9.95. The van der Waals surface area contributed by atoms with E-state index >= 15 is 0 Å². The first-order valence-electron chi connectivity index (χ1n) is 10.2. The fourth-order valence-electron chi connectivity index (χ4n) is 3.79. The third-order valence-corrected chi connectivity index (χ3v) is 5.27. The van der Waals surface area contributed by atoms with Gasteiger partial charge >= 0.3 is 0 Å². The van der Waals surface area contributed by atoms with Crippen LogP contribution in [0.2, 0.25) is 0 Å². The topological polar surface area (TPSA) is 100.0 Å². The minimum absolute atomic E-state index is 0.0107. The van der Waals surface area contributed by atoms with Gasteiger partial charge in [0.2, 0.25) is 0 Å². The Balaban J connectivity index is 1.84. The molecule has 0 aliphatic carbocycles. The van der Waals surface area contributed by atoms with Gasteiger partial charge in [0.05, 0.1) is 18.2 Å². The number of aliphatic hydroxyl groups excluding tert-OH is 1. The van der Waals surface area contributed by atoms with E-state index in [1.54, 1.807) is 60.9 Å². The summed E-state index contributed by atoms with van der Waals surface area (Å²) in [5.41, 5.74) is 1.76. The van der Waals surface area contributed by atoms with E-state index in [2.05, 4.69) is 4.98 Å². The van der Waals surface area contributed by atoms with Crippen molar-refractivity contribution in [1.82, 2.24) is 9.88 Å². The second kappa shape index (κ2) is 8.93. The van der Waals surface area contributed by atoms with E-state index in [-0.39, 0.29) is 23.6 Å². The lowest BCUT2D eigenvalue weighted by molar-refractivity contribution is -0.140. The Bertz CT molecular complexity index is 1170. The van der Waals surface area contributed by atoms with Gasteiger partial charge in [-0.25, -0.2) is 0 Å². The van der Waals surface area contributed by atoms with Crippen LogP contribution >= 0.6 is 0 Å². The number of carbonyl (C=O) groups excluding carboxylic acids is 2. The number of carbonyl (C=O) groups is 2. The molecule has 0 bridgehead atoms. The Morgan fingerprint density at radius 2 is 1.78 bits per heavy atom. The number of phenolic OH excluding ortho intramolecular Hbond substituents is 1. The van der Waals surface area contributed by atoms with Gasteiger partial charge in [-0.15, -0.1) is 0 Å². The van der Waals surface area contributed by atoms with Crippen molar-refractivity contribution in [1.29, 1.82) is 0 Å². The smallest absolute Gasteiger partial charge is 0.295 e. The number of hydrogen-bond donors (Lipinski definition) is 2. The Kier molecular flexibility index (Phi) is 5.89. The van der Waals surface area contributed by atoms with E-state index in [9.17, 15) is 19.8 Å². The van der Waals surface area contributed by atoms with E-state index in [0.717, 1.165) is 5.56 Å². The first-order valence-corrected chi connectivity index (χ1v) is 10.2. The van der Waals surface area contributed by atoms with Crippen molar-refractivity contribution in [3.63, 3.8) is 0 Å². The molecule has 4 rings (SSSR count). The largest absolute Gasteiger partial charge is 0.508 e. The number of aromatic hydroxyl groups is 1. The van der Waals surface area contributed by atoms with Gasteiger partial charge in [0.1, 0.15) is 17.3 Å². The summed E-state index contributed by atoms with van der Waals surface area (Å²) in [6.45, 7) is 2.46. The molecule has 0 radical (unpaired) electrons. The summed E-state index contributed by atoms with van der Waals surface area (Å²) in [6.07, 6.45) is 3.22. The molecule has 1 amide bonds. The highest BCUT2D eigenvalue weighted by Crippen LogP contribution is 2.40. The third kappa shape index (κ3) is 4.05. The molecule has 1 unspecified atom stereocenters. The second-order valence-electron chi connectivity index (χ2n) is 7.33. The summed E-state index contributed by atoms with van der Waals surface area (Å²) in [7, 11) is 0.